The molecule has 1 aromatic rings. The predicted molar refractivity (Wildman–Crippen MR) is 69.2 cm³/mol. The average Bonchev–Trinajstić information content (AvgIpc) is 2.25. The molecule has 0 spiro atoms. The van der Waals surface area contributed by atoms with Gasteiger partial charge < -0.3 is 5.73 Å². The monoisotopic (exact) mass is 272 g/mol. The van der Waals surface area contributed by atoms with Crippen molar-refractivity contribution in [3.8, 4) is 11.8 Å². The van der Waals surface area contributed by atoms with E-state index < -0.39 is 10.0 Å². The zero-order valence-corrected chi connectivity index (χ0v) is 11.1. The van der Waals surface area contributed by atoms with E-state index in [1.807, 2.05) is 0 Å². The summed E-state index contributed by atoms with van der Waals surface area (Å²) in [6.07, 6.45) is 0. The second-order valence-electron chi connectivity index (χ2n) is 3.37. The van der Waals surface area contributed by atoms with E-state index in [-0.39, 0.29) is 11.4 Å². The van der Waals surface area contributed by atoms with E-state index in [0.29, 0.717) is 16.3 Å². The minimum Gasteiger partial charge on any atom is -0.398 e. The normalized spacial score (nSPS) is 10.8. The van der Waals surface area contributed by atoms with E-state index in [1.54, 1.807) is 13.8 Å². The molecule has 0 saturated carbocycles. The van der Waals surface area contributed by atoms with Crippen LogP contribution >= 0.6 is 11.6 Å². The van der Waals surface area contributed by atoms with Crippen LogP contribution in [0.25, 0.3) is 0 Å². The van der Waals surface area contributed by atoms with E-state index >= 15 is 0 Å². The molecule has 1 rings (SSSR count). The molecule has 0 fully saturated rings. The van der Waals surface area contributed by atoms with Gasteiger partial charge in [-0.05, 0) is 31.5 Å². The number of anilines is 1. The van der Waals surface area contributed by atoms with E-state index in [4.69, 9.17) is 17.3 Å². The molecule has 0 bridgehead atoms. The molecule has 3 N–H and O–H groups in total. The zero-order valence-electron chi connectivity index (χ0n) is 9.54. The summed E-state index contributed by atoms with van der Waals surface area (Å²) in [4.78, 5) is 0.0449. The third-order valence-corrected chi connectivity index (χ3v) is 3.97. The van der Waals surface area contributed by atoms with Crippen molar-refractivity contribution in [1.29, 1.82) is 0 Å². The average molecular weight is 273 g/mol. The van der Waals surface area contributed by atoms with Crippen LogP contribution in [0.1, 0.15) is 12.5 Å². The predicted octanol–water partition coefficient (Wildman–Crippen LogP) is 1.53. The van der Waals surface area contributed by atoms with Crippen LogP contribution in [-0.4, -0.2) is 15.0 Å². The summed E-state index contributed by atoms with van der Waals surface area (Å²) >= 11 is 5.89. The lowest BCUT2D eigenvalue weighted by molar-refractivity contribution is 0.586. The largest absolute Gasteiger partial charge is 0.398 e. The van der Waals surface area contributed by atoms with Gasteiger partial charge in [0.05, 0.1) is 11.4 Å². The Bertz CT molecular complexity index is 562. The summed E-state index contributed by atoms with van der Waals surface area (Å²) in [5.41, 5.74) is 6.68. The zero-order chi connectivity index (χ0) is 13.1. The number of hydrogen-bond donors (Lipinski definition) is 2. The highest BCUT2D eigenvalue weighted by molar-refractivity contribution is 7.89. The fraction of sp³-hybridized carbons (Fsp3) is 0.273. The maximum atomic E-state index is 11.8. The van der Waals surface area contributed by atoms with Crippen molar-refractivity contribution < 1.29 is 8.42 Å². The van der Waals surface area contributed by atoms with Crippen LogP contribution in [0.4, 0.5) is 5.69 Å². The van der Waals surface area contributed by atoms with Crippen LogP contribution in [0.3, 0.4) is 0 Å². The summed E-state index contributed by atoms with van der Waals surface area (Å²) < 4.78 is 26.0. The number of rotatable bonds is 3. The second kappa shape index (κ2) is 5.41. The lowest BCUT2D eigenvalue weighted by atomic mass is 10.2. The molecular weight excluding hydrogens is 260 g/mol. The summed E-state index contributed by atoms with van der Waals surface area (Å²) in [7, 11) is -3.61. The Balaban J connectivity index is 3.10. The van der Waals surface area contributed by atoms with Gasteiger partial charge in [0.2, 0.25) is 10.0 Å². The van der Waals surface area contributed by atoms with Crippen molar-refractivity contribution in [2.45, 2.75) is 18.7 Å². The number of nitrogen functional groups attached to an aromatic ring is 1. The maximum Gasteiger partial charge on any atom is 0.241 e. The number of halogens is 1. The minimum atomic E-state index is -3.61. The van der Waals surface area contributed by atoms with Crippen molar-refractivity contribution in [3.63, 3.8) is 0 Å². The Kier molecular flexibility index (Phi) is 4.40. The highest BCUT2D eigenvalue weighted by atomic mass is 35.5. The van der Waals surface area contributed by atoms with Crippen molar-refractivity contribution in [3.05, 3.63) is 22.7 Å². The Labute approximate surface area is 106 Å². The number of nitrogens with two attached hydrogens (primary N) is 1. The first-order chi connectivity index (χ1) is 7.88. The standard InChI is InChI=1S/C11H13ClN2O2S/c1-3-4-5-14-17(15,16)9-6-10(12)8(2)11(13)7-9/h6-7,14H,5,13H2,1-2H3. The number of nitrogens with one attached hydrogen (secondary N) is 1. The molecule has 0 amide bonds. The molecule has 17 heavy (non-hydrogen) atoms. The van der Waals surface area contributed by atoms with Crippen molar-refractivity contribution >= 4 is 27.3 Å². The first-order valence-corrected chi connectivity index (χ1v) is 6.69. The smallest absolute Gasteiger partial charge is 0.241 e. The van der Waals surface area contributed by atoms with Crippen LogP contribution in [0.15, 0.2) is 17.0 Å². The molecule has 6 heteroatoms. The molecule has 92 valence electrons. The highest BCUT2D eigenvalue weighted by Crippen LogP contribution is 2.25. The molecule has 0 aliphatic rings. The maximum absolute atomic E-state index is 11.8. The molecule has 0 unspecified atom stereocenters. The molecule has 0 atom stereocenters. The summed E-state index contributed by atoms with van der Waals surface area (Å²) in [5.74, 6) is 5.21. The third kappa shape index (κ3) is 3.37. The van der Waals surface area contributed by atoms with Crippen molar-refractivity contribution in [2.75, 3.05) is 12.3 Å². The van der Waals surface area contributed by atoms with E-state index in [0.717, 1.165) is 0 Å². The molecule has 4 nitrogen and oxygen atoms in total. The lowest BCUT2D eigenvalue weighted by Gasteiger charge is -2.08. The minimum absolute atomic E-state index is 0.0449. The Morgan fingerprint density at radius 3 is 2.65 bits per heavy atom. The summed E-state index contributed by atoms with van der Waals surface area (Å²) in [5, 5.41) is 0.326. The van der Waals surface area contributed by atoms with Gasteiger partial charge in [-0.15, -0.1) is 5.92 Å². The Morgan fingerprint density at radius 2 is 2.12 bits per heavy atom. The van der Waals surface area contributed by atoms with E-state index in [1.165, 1.54) is 12.1 Å². The highest BCUT2D eigenvalue weighted by Gasteiger charge is 2.15. The first kappa shape index (κ1) is 13.8. The molecular formula is C11H13ClN2O2S. The van der Waals surface area contributed by atoms with Crippen LogP contribution in [0.2, 0.25) is 5.02 Å². The van der Waals surface area contributed by atoms with Gasteiger partial charge in [-0.1, -0.05) is 17.5 Å². The van der Waals surface area contributed by atoms with Crippen LogP contribution < -0.4 is 10.5 Å². The fourth-order valence-corrected chi connectivity index (χ4v) is 2.41. The van der Waals surface area contributed by atoms with Gasteiger partial charge >= 0.3 is 0 Å². The molecule has 0 heterocycles. The third-order valence-electron chi connectivity index (χ3n) is 2.20. The van der Waals surface area contributed by atoms with E-state index in [2.05, 4.69) is 16.6 Å². The van der Waals surface area contributed by atoms with Gasteiger partial charge in [0.25, 0.3) is 0 Å². The van der Waals surface area contributed by atoms with Gasteiger partial charge in [-0.3, -0.25) is 0 Å². The topological polar surface area (TPSA) is 72.2 Å². The number of benzene rings is 1. The molecule has 0 aromatic heterocycles. The molecule has 0 saturated heterocycles. The Hall–Kier alpha value is -1.22. The van der Waals surface area contributed by atoms with Crippen LogP contribution in [0, 0.1) is 18.8 Å². The SMILES string of the molecule is CC#CCNS(=O)(=O)c1cc(N)c(C)c(Cl)c1. The van der Waals surface area contributed by atoms with Gasteiger partial charge in [0.15, 0.2) is 0 Å². The van der Waals surface area contributed by atoms with Crippen molar-refractivity contribution in [2.24, 2.45) is 0 Å². The molecule has 0 radical (unpaired) electrons. The van der Waals surface area contributed by atoms with Gasteiger partial charge in [-0.25, -0.2) is 8.42 Å². The summed E-state index contributed by atoms with van der Waals surface area (Å²) in [6.45, 7) is 3.42. The quantitative estimate of drug-likeness (QED) is 0.647. The van der Waals surface area contributed by atoms with Gasteiger partial charge in [-0.2, -0.15) is 4.72 Å². The van der Waals surface area contributed by atoms with Crippen molar-refractivity contribution in [1.82, 2.24) is 4.72 Å². The molecule has 0 aliphatic carbocycles. The fourth-order valence-electron chi connectivity index (χ4n) is 1.13. The number of hydrogen-bond acceptors (Lipinski definition) is 3. The van der Waals surface area contributed by atoms with Gasteiger partial charge in [0.1, 0.15) is 0 Å². The second-order valence-corrected chi connectivity index (χ2v) is 5.54. The molecule has 0 aliphatic heterocycles. The summed E-state index contributed by atoms with van der Waals surface area (Å²) in [6, 6.07) is 2.75. The van der Waals surface area contributed by atoms with Crippen LogP contribution in [-0.2, 0) is 10.0 Å². The first-order valence-electron chi connectivity index (χ1n) is 4.83. The van der Waals surface area contributed by atoms with Gasteiger partial charge in [0, 0.05) is 10.7 Å². The van der Waals surface area contributed by atoms with Crippen LogP contribution in [0.5, 0.6) is 0 Å². The van der Waals surface area contributed by atoms with E-state index in [9.17, 15) is 8.42 Å². The lowest BCUT2D eigenvalue weighted by Crippen LogP contribution is -2.24. The number of sulfonamides is 1. The molecule has 1 aromatic carbocycles. The Morgan fingerprint density at radius 1 is 1.47 bits per heavy atom.